The third-order valence-electron chi connectivity index (χ3n) is 4.19. The van der Waals surface area contributed by atoms with E-state index in [1.807, 2.05) is 29.7 Å². The average Bonchev–Trinajstić information content (AvgIpc) is 2.83. The molecular weight excluding hydrogens is 288 g/mol. The molecule has 100 valence electrons. The summed E-state index contributed by atoms with van der Waals surface area (Å²) in [5.41, 5.74) is 2.40. The summed E-state index contributed by atoms with van der Waals surface area (Å²) in [4.78, 5) is 9.11. The Morgan fingerprint density at radius 2 is 1.95 bits per heavy atom. The molecule has 4 heteroatoms. The molecule has 0 N–H and O–H groups in total. The maximum absolute atomic E-state index is 5.91. The number of halogens is 1. The van der Waals surface area contributed by atoms with Crippen molar-refractivity contribution >= 4 is 33.2 Å². The number of para-hydroxylation sites is 1. The van der Waals surface area contributed by atoms with Crippen LogP contribution < -0.4 is 0 Å². The Balaban J connectivity index is 1.86. The Morgan fingerprint density at radius 1 is 1.10 bits per heavy atom. The SMILES string of the molecule is Clc1ccc(C2(c3nc4ccccc4s3)CCC2)cn1. The summed E-state index contributed by atoms with van der Waals surface area (Å²) in [5, 5.41) is 1.77. The second-order valence-corrected chi connectivity index (χ2v) is 6.71. The highest BCUT2D eigenvalue weighted by Gasteiger charge is 2.43. The molecule has 1 aliphatic rings. The van der Waals surface area contributed by atoms with E-state index in [9.17, 15) is 0 Å². The molecule has 0 amide bonds. The molecule has 1 saturated carbocycles. The minimum atomic E-state index is 0.0568. The van der Waals surface area contributed by atoms with Crippen LogP contribution in [0.15, 0.2) is 42.6 Å². The van der Waals surface area contributed by atoms with Crippen molar-refractivity contribution in [3.05, 3.63) is 58.3 Å². The Labute approximate surface area is 126 Å². The van der Waals surface area contributed by atoms with Gasteiger partial charge in [-0.3, -0.25) is 0 Å². The van der Waals surface area contributed by atoms with E-state index in [2.05, 4.69) is 29.2 Å². The molecule has 20 heavy (non-hydrogen) atoms. The van der Waals surface area contributed by atoms with Crippen molar-refractivity contribution < 1.29 is 0 Å². The van der Waals surface area contributed by atoms with Gasteiger partial charge in [0, 0.05) is 11.6 Å². The Kier molecular flexibility index (Phi) is 2.79. The summed E-state index contributed by atoms with van der Waals surface area (Å²) in [6, 6.07) is 12.3. The first kappa shape index (κ1) is 12.3. The van der Waals surface area contributed by atoms with Crippen molar-refractivity contribution in [2.75, 3.05) is 0 Å². The molecule has 0 atom stereocenters. The number of hydrogen-bond donors (Lipinski definition) is 0. The number of pyridine rings is 1. The first-order valence-corrected chi connectivity index (χ1v) is 7.95. The van der Waals surface area contributed by atoms with Gasteiger partial charge in [-0.2, -0.15) is 0 Å². The van der Waals surface area contributed by atoms with E-state index in [1.165, 1.54) is 21.7 Å². The van der Waals surface area contributed by atoms with Crippen LogP contribution in [0, 0.1) is 0 Å². The fourth-order valence-corrected chi connectivity index (χ4v) is 4.24. The molecule has 2 nitrogen and oxygen atoms in total. The third-order valence-corrected chi connectivity index (χ3v) is 5.65. The van der Waals surface area contributed by atoms with Crippen LogP contribution in [0.2, 0.25) is 5.15 Å². The summed E-state index contributed by atoms with van der Waals surface area (Å²) in [7, 11) is 0. The van der Waals surface area contributed by atoms with Crippen molar-refractivity contribution in [2.24, 2.45) is 0 Å². The second-order valence-electron chi connectivity index (χ2n) is 5.29. The fourth-order valence-electron chi connectivity index (χ4n) is 2.89. The molecule has 1 aliphatic carbocycles. The van der Waals surface area contributed by atoms with Crippen LogP contribution in [0.3, 0.4) is 0 Å². The zero-order valence-electron chi connectivity index (χ0n) is 10.8. The second kappa shape index (κ2) is 4.54. The number of fused-ring (bicyclic) bond motifs is 1. The van der Waals surface area contributed by atoms with E-state index in [1.54, 1.807) is 0 Å². The van der Waals surface area contributed by atoms with Crippen molar-refractivity contribution in [2.45, 2.75) is 24.7 Å². The Bertz CT molecular complexity index is 727. The van der Waals surface area contributed by atoms with E-state index in [-0.39, 0.29) is 5.41 Å². The molecule has 4 rings (SSSR count). The largest absolute Gasteiger partial charge is 0.244 e. The lowest BCUT2D eigenvalue weighted by Crippen LogP contribution is -2.35. The van der Waals surface area contributed by atoms with Gasteiger partial charge in [0.05, 0.1) is 10.2 Å². The van der Waals surface area contributed by atoms with Crippen LogP contribution in [0.5, 0.6) is 0 Å². The van der Waals surface area contributed by atoms with Crippen LogP contribution >= 0.6 is 22.9 Å². The third kappa shape index (κ3) is 1.77. The smallest absolute Gasteiger partial charge is 0.129 e. The van der Waals surface area contributed by atoms with Gasteiger partial charge in [0.1, 0.15) is 10.2 Å². The first-order valence-electron chi connectivity index (χ1n) is 6.76. The Hall–Kier alpha value is -1.45. The molecule has 0 spiro atoms. The first-order chi connectivity index (χ1) is 9.78. The topological polar surface area (TPSA) is 25.8 Å². The highest BCUT2D eigenvalue weighted by Crippen LogP contribution is 2.50. The normalized spacial score (nSPS) is 17.1. The van der Waals surface area contributed by atoms with Crippen molar-refractivity contribution in [3.63, 3.8) is 0 Å². The summed E-state index contributed by atoms with van der Waals surface area (Å²) in [6.07, 6.45) is 5.46. The van der Waals surface area contributed by atoms with E-state index in [4.69, 9.17) is 16.6 Å². The van der Waals surface area contributed by atoms with Crippen LogP contribution in [-0.4, -0.2) is 9.97 Å². The van der Waals surface area contributed by atoms with E-state index in [0.717, 1.165) is 18.4 Å². The highest BCUT2D eigenvalue weighted by atomic mass is 35.5. The molecule has 1 fully saturated rings. The predicted molar refractivity (Wildman–Crippen MR) is 83.5 cm³/mol. The molecule has 2 aromatic heterocycles. The van der Waals surface area contributed by atoms with Crippen molar-refractivity contribution in [3.8, 4) is 0 Å². The minimum absolute atomic E-state index is 0.0568. The maximum Gasteiger partial charge on any atom is 0.129 e. The number of thiazole rings is 1. The summed E-state index contributed by atoms with van der Waals surface area (Å²) < 4.78 is 1.26. The number of hydrogen-bond acceptors (Lipinski definition) is 3. The summed E-state index contributed by atoms with van der Waals surface area (Å²) >= 11 is 7.72. The molecule has 2 heterocycles. The van der Waals surface area contributed by atoms with Crippen LogP contribution in [0.1, 0.15) is 29.8 Å². The number of rotatable bonds is 2. The molecule has 0 saturated heterocycles. The van der Waals surface area contributed by atoms with E-state index < -0.39 is 0 Å². The lowest BCUT2D eigenvalue weighted by Gasteiger charge is -2.40. The molecular formula is C16H13ClN2S. The number of aromatic nitrogens is 2. The fraction of sp³-hybridized carbons (Fsp3) is 0.250. The molecule has 0 aliphatic heterocycles. The van der Waals surface area contributed by atoms with E-state index >= 15 is 0 Å². The predicted octanol–water partition coefficient (Wildman–Crippen LogP) is 4.81. The lowest BCUT2D eigenvalue weighted by molar-refractivity contribution is 0.300. The van der Waals surface area contributed by atoms with Gasteiger partial charge in [-0.05, 0) is 36.6 Å². The summed E-state index contributed by atoms with van der Waals surface area (Å²) in [5.74, 6) is 0. The molecule has 0 unspecified atom stereocenters. The molecule has 1 aromatic carbocycles. The van der Waals surface area contributed by atoms with Gasteiger partial charge < -0.3 is 0 Å². The van der Waals surface area contributed by atoms with Crippen molar-refractivity contribution in [1.82, 2.24) is 9.97 Å². The van der Waals surface area contributed by atoms with Gasteiger partial charge in [0.25, 0.3) is 0 Å². The molecule has 3 aromatic rings. The Morgan fingerprint density at radius 3 is 2.60 bits per heavy atom. The number of benzene rings is 1. The average molecular weight is 301 g/mol. The van der Waals surface area contributed by atoms with Crippen molar-refractivity contribution in [1.29, 1.82) is 0 Å². The van der Waals surface area contributed by atoms with Crippen LogP contribution in [-0.2, 0) is 5.41 Å². The van der Waals surface area contributed by atoms with Gasteiger partial charge in [-0.25, -0.2) is 9.97 Å². The zero-order chi connectivity index (χ0) is 13.6. The van der Waals surface area contributed by atoms with E-state index in [0.29, 0.717) is 5.15 Å². The quantitative estimate of drug-likeness (QED) is 0.634. The van der Waals surface area contributed by atoms with Crippen LogP contribution in [0.25, 0.3) is 10.2 Å². The van der Waals surface area contributed by atoms with Gasteiger partial charge in [-0.1, -0.05) is 36.2 Å². The number of nitrogens with zero attached hydrogens (tertiary/aromatic N) is 2. The monoisotopic (exact) mass is 300 g/mol. The van der Waals surface area contributed by atoms with Gasteiger partial charge >= 0.3 is 0 Å². The lowest BCUT2D eigenvalue weighted by atomic mass is 9.65. The van der Waals surface area contributed by atoms with Crippen LogP contribution in [0.4, 0.5) is 0 Å². The molecule has 0 bridgehead atoms. The zero-order valence-corrected chi connectivity index (χ0v) is 12.4. The van der Waals surface area contributed by atoms with Gasteiger partial charge in [0.2, 0.25) is 0 Å². The standard InChI is InChI=1S/C16H13ClN2S/c17-14-7-6-11(10-18-14)16(8-3-9-16)15-19-12-4-1-2-5-13(12)20-15/h1-2,4-7,10H,3,8-9H2. The summed E-state index contributed by atoms with van der Waals surface area (Å²) in [6.45, 7) is 0. The van der Waals surface area contributed by atoms with Gasteiger partial charge in [-0.15, -0.1) is 11.3 Å². The highest BCUT2D eigenvalue weighted by molar-refractivity contribution is 7.18. The van der Waals surface area contributed by atoms with Gasteiger partial charge in [0.15, 0.2) is 0 Å². The minimum Gasteiger partial charge on any atom is -0.244 e. The maximum atomic E-state index is 5.91. The molecule has 0 radical (unpaired) electrons.